The number of anilines is 1. The Morgan fingerprint density at radius 2 is 1.76 bits per heavy atom. The van der Waals surface area contributed by atoms with Crippen LogP contribution in [0.2, 0.25) is 15.1 Å². The smallest absolute Gasteiger partial charge is 0.229 e. The fourth-order valence-electron chi connectivity index (χ4n) is 2.74. The lowest BCUT2D eigenvalue weighted by molar-refractivity contribution is -0.128. The first-order valence-electron chi connectivity index (χ1n) is 7.70. The molecule has 2 aromatic carbocycles. The van der Waals surface area contributed by atoms with Gasteiger partial charge in [-0.05, 0) is 35.9 Å². The van der Waals surface area contributed by atoms with Crippen LogP contribution >= 0.6 is 34.8 Å². The molecule has 1 N–H and O–H groups in total. The van der Waals surface area contributed by atoms with Crippen LogP contribution in [0.25, 0.3) is 0 Å². The SMILES string of the molecule is O=C(Nc1ccc(Cl)cc1Cl)C1CC(=O)N(Cc2ccc(Cl)cc2)C1. The second kappa shape index (κ2) is 7.65. The molecule has 1 fully saturated rings. The third-order valence-corrected chi connectivity index (χ3v) is 4.86. The molecule has 25 heavy (non-hydrogen) atoms. The number of nitrogens with one attached hydrogen (secondary N) is 1. The van der Waals surface area contributed by atoms with Crippen molar-refractivity contribution in [2.45, 2.75) is 13.0 Å². The van der Waals surface area contributed by atoms with Gasteiger partial charge in [-0.3, -0.25) is 9.59 Å². The van der Waals surface area contributed by atoms with E-state index in [1.54, 1.807) is 35.2 Å². The van der Waals surface area contributed by atoms with E-state index in [0.29, 0.717) is 33.8 Å². The molecule has 1 saturated heterocycles. The monoisotopic (exact) mass is 396 g/mol. The molecule has 1 atom stereocenters. The fourth-order valence-corrected chi connectivity index (χ4v) is 3.32. The van der Waals surface area contributed by atoms with Gasteiger partial charge in [0.05, 0.1) is 16.6 Å². The summed E-state index contributed by atoms with van der Waals surface area (Å²) in [5.41, 5.74) is 1.46. The van der Waals surface area contributed by atoms with E-state index in [1.165, 1.54) is 0 Å². The van der Waals surface area contributed by atoms with Crippen molar-refractivity contribution in [2.24, 2.45) is 5.92 Å². The summed E-state index contributed by atoms with van der Waals surface area (Å²) in [6.45, 7) is 0.833. The second-order valence-corrected chi connectivity index (χ2v) is 7.20. The van der Waals surface area contributed by atoms with Crippen LogP contribution in [-0.4, -0.2) is 23.3 Å². The summed E-state index contributed by atoms with van der Waals surface area (Å²) in [6, 6.07) is 12.2. The highest BCUT2D eigenvalue weighted by atomic mass is 35.5. The van der Waals surface area contributed by atoms with Crippen LogP contribution < -0.4 is 5.32 Å². The zero-order chi connectivity index (χ0) is 18.0. The molecule has 2 amide bonds. The van der Waals surface area contributed by atoms with Gasteiger partial charge >= 0.3 is 0 Å². The summed E-state index contributed by atoms with van der Waals surface area (Å²) in [4.78, 5) is 26.3. The number of hydrogen-bond donors (Lipinski definition) is 1. The largest absolute Gasteiger partial charge is 0.338 e. The summed E-state index contributed by atoms with van der Waals surface area (Å²) >= 11 is 17.8. The van der Waals surface area contributed by atoms with E-state index in [0.717, 1.165) is 5.56 Å². The number of amides is 2. The van der Waals surface area contributed by atoms with Crippen molar-refractivity contribution in [3.8, 4) is 0 Å². The van der Waals surface area contributed by atoms with Crippen molar-refractivity contribution in [3.05, 3.63) is 63.1 Å². The summed E-state index contributed by atoms with van der Waals surface area (Å²) < 4.78 is 0. The van der Waals surface area contributed by atoms with E-state index in [9.17, 15) is 9.59 Å². The van der Waals surface area contributed by atoms with Crippen LogP contribution in [0.4, 0.5) is 5.69 Å². The molecule has 0 aromatic heterocycles. The zero-order valence-electron chi connectivity index (χ0n) is 13.1. The molecule has 1 aliphatic rings. The van der Waals surface area contributed by atoms with E-state index in [2.05, 4.69) is 5.32 Å². The van der Waals surface area contributed by atoms with Gasteiger partial charge in [-0.15, -0.1) is 0 Å². The molecular weight excluding hydrogens is 383 g/mol. The molecule has 2 aromatic rings. The molecule has 1 unspecified atom stereocenters. The molecular formula is C18H15Cl3N2O2. The molecule has 0 aliphatic carbocycles. The number of carbonyl (C=O) groups excluding carboxylic acids is 2. The number of benzene rings is 2. The highest BCUT2D eigenvalue weighted by molar-refractivity contribution is 6.36. The minimum atomic E-state index is -0.411. The van der Waals surface area contributed by atoms with E-state index < -0.39 is 5.92 Å². The molecule has 0 spiro atoms. The molecule has 3 rings (SSSR count). The summed E-state index contributed by atoms with van der Waals surface area (Å²) in [6.07, 6.45) is 0.185. The van der Waals surface area contributed by atoms with E-state index >= 15 is 0 Å². The van der Waals surface area contributed by atoms with Crippen molar-refractivity contribution in [1.29, 1.82) is 0 Å². The molecule has 0 saturated carbocycles. The zero-order valence-corrected chi connectivity index (χ0v) is 15.4. The Kier molecular flexibility index (Phi) is 5.52. The summed E-state index contributed by atoms with van der Waals surface area (Å²) in [5.74, 6) is -0.681. The Hall–Kier alpha value is -1.75. The maximum Gasteiger partial charge on any atom is 0.229 e. The average Bonchev–Trinajstić information content (AvgIpc) is 2.93. The minimum absolute atomic E-state index is 0.0442. The predicted octanol–water partition coefficient (Wildman–Crippen LogP) is 4.63. The van der Waals surface area contributed by atoms with Gasteiger partial charge in [-0.1, -0.05) is 46.9 Å². The van der Waals surface area contributed by atoms with Crippen molar-refractivity contribution in [1.82, 2.24) is 4.90 Å². The molecule has 7 heteroatoms. The van der Waals surface area contributed by atoms with Gasteiger partial charge in [0.1, 0.15) is 0 Å². The van der Waals surface area contributed by atoms with Crippen LogP contribution in [0.5, 0.6) is 0 Å². The van der Waals surface area contributed by atoms with Gasteiger partial charge in [0.15, 0.2) is 0 Å². The topological polar surface area (TPSA) is 49.4 Å². The third-order valence-electron chi connectivity index (χ3n) is 4.06. The number of likely N-dealkylation sites (tertiary alicyclic amines) is 1. The first-order valence-corrected chi connectivity index (χ1v) is 8.84. The van der Waals surface area contributed by atoms with Crippen LogP contribution in [0.1, 0.15) is 12.0 Å². The van der Waals surface area contributed by atoms with Crippen molar-refractivity contribution in [2.75, 3.05) is 11.9 Å². The van der Waals surface area contributed by atoms with Crippen LogP contribution in [-0.2, 0) is 16.1 Å². The van der Waals surface area contributed by atoms with Gasteiger partial charge in [0.2, 0.25) is 11.8 Å². The molecule has 1 heterocycles. The Bertz CT molecular complexity index is 808. The molecule has 0 radical (unpaired) electrons. The maximum atomic E-state index is 12.4. The minimum Gasteiger partial charge on any atom is -0.338 e. The first-order chi connectivity index (χ1) is 11.9. The fraction of sp³-hybridized carbons (Fsp3) is 0.222. The lowest BCUT2D eigenvalue weighted by Crippen LogP contribution is -2.28. The number of nitrogens with zero attached hydrogens (tertiary/aromatic N) is 1. The van der Waals surface area contributed by atoms with Crippen molar-refractivity contribution in [3.63, 3.8) is 0 Å². The second-order valence-electron chi connectivity index (χ2n) is 5.92. The Morgan fingerprint density at radius 1 is 1.08 bits per heavy atom. The number of hydrogen-bond acceptors (Lipinski definition) is 2. The van der Waals surface area contributed by atoms with Crippen LogP contribution in [0, 0.1) is 5.92 Å². The van der Waals surface area contributed by atoms with E-state index in [4.69, 9.17) is 34.8 Å². The first kappa shape index (κ1) is 18.1. The van der Waals surface area contributed by atoms with E-state index in [1.807, 2.05) is 12.1 Å². The average molecular weight is 398 g/mol. The normalized spacial score (nSPS) is 17.0. The van der Waals surface area contributed by atoms with Gasteiger partial charge in [0.25, 0.3) is 0 Å². The van der Waals surface area contributed by atoms with Gasteiger partial charge in [0, 0.05) is 29.6 Å². The summed E-state index contributed by atoms with van der Waals surface area (Å²) in [7, 11) is 0. The lowest BCUT2D eigenvalue weighted by atomic mass is 10.1. The van der Waals surface area contributed by atoms with Crippen molar-refractivity contribution >= 4 is 52.3 Å². The highest BCUT2D eigenvalue weighted by Crippen LogP contribution is 2.27. The van der Waals surface area contributed by atoms with Crippen LogP contribution in [0.3, 0.4) is 0 Å². The molecule has 4 nitrogen and oxygen atoms in total. The third kappa shape index (κ3) is 4.46. The molecule has 1 aliphatic heterocycles. The number of carbonyl (C=O) groups is 2. The summed E-state index contributed by atoms with van der Waals surface area (Å²) in [5, 5.41) is 4.27. The van der Waals surface area contributed by atoms with Crippen LogP contribution in [0.15, 0.2) is 42.5 Å². The van der Waals surface area contributed by atoms with Gasteiger partial charge in [-0.2, -0.15) is 0 Å². The van der Waals surface area contributed by atoms with Gasteiger partial charge < -0.3 is 10.2 Å². The Labute approximate surface area is 160 Å². The Morgan fingerprint density at radius 3 is 2.44 bits per heavy atom. The highest BCUT2D eigenvalue weighted by Gasteiger charge is 2.34. The number of rotatable bonds is 4. The van der Waals surface area contributed by atoms with E-state index in [-0.39, 0.29) is 18.2 Å². The quantitative estimate of drug-likeness (QED) is 0.817. The maximum absolute atomic E-state index is 12.4. The predicted molar refractivity (Wildman–Crippen MR) is 100 cm³/mol. The number of halogens is 3. The molecule has 130 valence electrons. The lowest BCUT2D eigenvalue weighted by Gasteiger charge is -2.17. The van der Waals surface area contributed by atoms with Gasteiger partial charge in [-0.25, -0.2) is 0 Å². The standard InChI is InChI=1S/C18H15Cl3N2O2/c19-13-3-1-11(2-4-13)9-23-10-12(7-17(23)24)18(25)22-16-6-5-14(20)8-15(16)21/h1-6,8,12H,7,9-10H2,(H,22,25). The van der Waals surface area contributed by atoms with Crippen molar-refractivity contribution < 1.29 is 9.59 Å². The Balaban J connectivity index is 1.63. The molecule has 0 bridgehead atoms.